The van der Waals surface area contributed by atoms with Gasteiger partial charge in [-0.05, 0) is 42.9 Å². The monoisotopic (exact) mass is 271 g/mol. The van der Waals surface area contributed by atoms with Crippen LogP contribution in [0.15, 0.2) is 42.7 Å². The topological polar surface area (TPSA) is 33.1 Å². The Labute approximate surface area is 118 Å². The Morgan fingerprint density at radius 1 is 1.15 bits per heavy atom. The molecule has 1 aromatic carbocycles. The van der Waals surface area contributed by atoms with Crippen LogP contribution in [-0.4, -0.2) is 10.1 Å². The number of benzene rings is 1. The highest BCUT2D eigenvalue weighted by atomic mass is 19.1. The van der Waals surface area contributed by atoms with Gasteiger partial charge in [0, 0.05) is 11.8 Å². The molecule has 0 saturated heterocycles. The molecule has 2 aromatic rings. The van der Waals surface area contributed by atoms with Gasteiger partial charge in [-0.25, -0.2) is 4.39 Å². The number of aromatic nitrogens is 1. The molecular formula is C17H18FNO. The molecule has 1 saturated carbocycles. The summed E-state index contributed by atoms with van der Waals surface area (Å²) in [5, 5.41) is 10.7. The van der Waals surface area contributed by atoms with E-state index in [-0.39, 0.29) is 0 Å². The first kappa shape index (κ1) is 13.3. The molecule has 104 valence electrons. The van der Waals surface area contributed by atoms with Gasteiger partial charge in [-0.2, -0.15) is 0 Å². The van der Waals surface area contributed by atoms with Gasteiger partial charge in [-0.15, -0.1) is 0 Å². The van der Waals surface area contributed by atoms with E-state index >= 15 is 0 Å². The van der Waals surface area contributed by atoms with Gasteiger partial charge in [0.2, 0.25) is 0 Å². The fourth-order valence-electron chi connectivity index (χ4n) is 2.67. The Hall–Kier alpha value is -1.74. The third-order valence-corrected chi connectivity index (χ3v) is 4.32. The average molecular weight is 271 g/mol. The first-order valence-corrected chi connectivity index (χ1v) is 7.01. The van der Waals surface area contributed by atoms with E-state index in [2.05, 4.69) is 17.1 Å². The van der Waals surface area contributed by atoms with Crippen molar-refractivity contribution in [3.63, 3.8) is 0 Å². The fraction of sp³-hybridized carbons (Fsp3) is 0.353. The predicted molar refractivity (Wildman–Crippen MR) is 75.9 cm³/mol. The average Bonchev–Trinajstić information content (AvgIpc) is 2.37. The molecular weight excluding hydrogens is 253 g/mol. The number of hydrogen-bond donors (Lipinski definition) is 1. The smallest absolute Gasteiger partial charge is 0.141 e. The molecule has 2 nitrogen and oxygen atoms in total. The summed E-state index contributed by atoms with van der Waals surface area (Å²) in [7, 11) is 0. The summed E-state index contributed by atoms with van der Waals surface area (Å²) in [5.41, 5.74) is 1.32. The first-order valence-electron chi connectivity index (χ1n) is 7.01. The van der Waals surface area contributed by atoms with Gasteiger partial charge < -0.3 is 5.11 Å². The minimum Gasteiger partial charge on any atom is -0.381 e. The van der Waals surface area contributed by atoms with Crippen molar-refractivity contribution in [2.45, 2.75) is 37.7 Å². The van der Waals surface area contributed by atoms with Gasteiger partial charge in [-0.1, -0.05) is 30.7 Å². The van der Waals surface area contributed by atoms with E-state index in [1.807, 2.05) is 12.1 Å². The Bertz CT molecular complexity index is 603. The number of hydrogen-bond acceptors (Lipinski definition) is 2. The van der Waals surface area contributed by atoms with Crippen molar-refractivity contribution in [3.8, 4) is 0 Å². The molecule has 1 unspecified atom stereocenters. The highest BCUT2D eigenvalue weighted by Gasteiger charge is 2.27. The first-order chi connectivity index (χ1) is 9.57. The Morgan fingerprint density at radius 2 is 1.85 bits per heavy atom. The van der Waals surface area contributed by atoms with Crippen LogP contribution in [0.4, 0.5) is 4.39 Å². The Kier molecular flexibility index (Phi) is 3.30. The summed E-state index contributed by atoms with van der Waals surface area (Å²) < 4.78 is 13.3. The summed E-state index contributed by atoms with van der Waals surface area (Å²) in [6.07, 6.45) is 6.45. The fourth-order valence-corrected chi connectivity index (χ4v) is 2.67. The number of halogens is 1. The highest BCUT2D eigenvalue weighted by molar-refractivity contribution is 5.36. The van der Waals surface area contributed by atoms with Crippen molar-refractivity contribution in [1.82, 2.24) is 4.98 Å². The Balaban J connectivity index is 1.90. The zero-order valence-corrected chi connectivity index (χ0v) is 11.5. The lowest BCUT2D eigenvalue weighted by molar-refractivity contribution is 0.101. The van der Waals surface area contributed by atoms with E-state index in [1.54, 1.807) is 6.92 Å². The zero-order valence-electron chi connectivity index (χ0n) is 11.5. The van der Waals surface area contributed by atoms with E-state index in [0.717, 1.165) is 11.8 Å². The maximum atomic E-state index is 13.3. The summed E-state index contributed by atoms with van der Waals surface area (Å²) >= 11 is 0. The standard InChI is InChI=1S/C17H18FNO/c1-17(20,15-9-16(18)11-19-10-15)14-7-5-13(6-8-14)12-3-2-4-12/h5-12,20H,2-4H2,1H3. The molecule has 0 aliphatic heterocycles. The van der Waals surface area contributed by atoms with E-state index in [4.69, 9.17) is 0 Å². The van der Waals surface area contributed by atoms with Gasteiger partial charge in [-0.3, -0.25) is 4.98 Å². The van der Waals surface area contributed by atoms with Crippen LogP contribution >= 0.6 is 0 Å². The summed E-state index contributed by atoms with van der Waals surface area (Å²) in [4.78, 5) is 3.81. The van der Waals surface area contributed by atoms with Crippen LogP contribution in [0, 0.1) is 5.82 Å². The lowest BCUT2D eigenvalue weighted by Crippen LogP contribution is -2.23. The van der Waals surface area contributed by atoms with Crippen LogP contribution in [0.5, 0.6) is 0 Å². The summed E-state index contributed by atoms with van der Waals surface area (Å²) in [5.74, 6) is 0.235. The van der Waals surface area contributed by atoms with Crippen molar-refractivity contribution in [2.24, 2.45) is 0 Å². The van der Waals surface area contributed by atoms with Gasteiger partial charge >= 0.3 is 0 Å². The maximum absolute atomic E-state index is 13.3. The van der Waals surface area contributed by atoms with Crippen LogP contribution in [0.3, 0.4) is 0 Å². The molecule has 1 heterocycles. The van der Waals surface area contributed by atoms with E-state index < -0.39 is 11.4 Å². The van der Waals surface area contributed by atoms with Crippen LogP contribution < -0.4 is 0 Å². The van der Waals surface area contributed by atoms with Crippen molar-refractivity contribution in [1.29, 1.82) is 0 Å². The molecule has 1 N–H and O–H groups in total. The second kappa shape index (κ2) is 4.98. The van der Waals surface area contributed by atoms with E-state index in [1.165, 1.54) is 37.1 Å². The van der Waals surface area contributed by atoms with Gasteiger partial charge in [0.25, 0.3) is 0 Å². The number of rotatable bonds is 3. The zero-order chi connectivity index (χ0) is 14.2. The molecule has 1 atom stereocenters. The molecule has 20 heavy (non-hydrogen) atoms. The van der Waals surface area contributed by atoms with Gasteiger partial charge in [0.15, 0.2) is 0 Å². The van der Waals surface area contributed by atoms with Crippen LogP contribution in [-0.2, 0) is 5.60 Å². The maximum Gasteiger partial charge on any atom is 0.141 e. The molecule has 1 aliphatic carbocycles. The normalized spacial score (nSPS) is 18.4. The molecule has 0 bridgehead atoms. The molecule has 1 aliphatic rings. The quantitative estimate of drug-likeness (QED) is 0.922. The molecule has 1 aromatic heterocycles. The summed E-state index contributed by atoms with van der Waals surface area (Å²) in [6.45, 7) is 1.67. The largest absolute Gasteiger partial charge is 0.381 e. The van der Waals surface area contributed by atoms with Crippen LogP contribution in [0.1, 0.15) is 48.8 Å². The minimum atomic E-state index is -1.23. The lowest BCUT2D eigenvalue weighted by atomic mass is 9.79. The lowest BCUT2D eigenvalue weighted by Gasteiger charge is -2.28. The number of pyridine rings is 1. The van der Waals surface area contributed by atoms with E-state index in [0.29, 0.717) is 11.5 Å². The van der Waals surface area contributed by atoms with Crippen LogP contribution in [0.2, 0.25) is 0 Å². The number of aliphatic hydroxyl groups is 1. The third kappa shape index (κ3) is 2.34. The minimum absolute atomic E-state index is 0.436. The van der Waals surface area contributed by atoms with E-state index in [9.17, 15) is 9.50 Å². The third-order valence-electron chi connectivity index (χ3n) is 4.32. The molecule has 0 amide bonds. The molecule has 0 radical (unpaired) electrons. The molecule has 0 spiro atoms. The Morgan fingerprint density at radius 3 is 2.40 bits per heavy atom. The number of nitrogens with zero attached hydrogens (tertiary/aromatic N) is 1. The van der Waals surface area contributed by atoms with Gasteiger partial charge in [0.05, 0.1) is 6.20 Å². The second-order valence-corrected chi connectivity index (χ2v) is 5.71. The molecule has 1 fully saturated rings. The SMILES string of the molecule is CC(O)(c1ccc(C2CCC2)cc1)c1cncc(F)c1. The summed E-state index contributed by atoms with van der Waals surface area (Å²) in [6, 6.07) is 9.32. The van der Waals surface area contributed by atoms with Gasteiger partial charge in [0.1, 0.15) is 11.4 Å². The van der Waals surface area contributed by atoms with Crippen molar-refractivity contribution >= 4 is 0 Å². The van der Waals surface area contributed by atoms with Crippen molar-refractivity contribution in [3.05, 3.63) is 65.2 Å². The molecule has 3 heteroatoms. The molecule has 3 rings (SSSR count). The highest BCUT2D eigenvalue weighted by Crippen LogP contribution is 2.37. The predicted octanol–water partition coefficient (Wildman–Crippen LogP) is 3.74. The van der Waals surface area contributed by atoms with Crippen LogP contribution in [0.25, 0.3) is 0 Å². The van der Waals surface area contributed by atoms with Crippen molar-refractivity contribution in [2.75, 3.05) is 0 Å². The van der Waals surface area contributed by atoms with Crippen molar-refractivity contribution < 1.29 is 9.50 Å². The second-order valence-electron chi connectivity index (χ2n) is 5.71.